The number of carbonyl (C=O) groups excluding carboxylic acids is 3. The zero-order valence-electron chi connectivity index (χ0n) is 10.8. The summed E-state index contributed by atoms with van der Waals surface area (Å²) in [5.74, 6) is -1.11. The minimum absolute atomic E-state index is 0.243. The zero-order chi connectivity index (χ0) is 14.2. The second-order valence-corrected chi connectivity index (χ2v) is 5.78. The summed E-state index contributed by atoms with van der Waals surface area (Å²) in [4.78, 5) is 36.6. The van der Waals surface area contributed by atoms with Crippen molar-refractivity contribution in [2.75, 3.05) is 18.1 Å². The van der Waals surface area contributed by atoms with E-state index in [4.69, 9.17) is 0 Å². The third kappa shape index (κ3) is 2.03. The second-order valence-electron chi connectivity index (χ2n) is 4.70. The molecular formula is C12H15IN2O4. The zero-order valence-corrected chi connectivity index (χ0v) is 12.9. The Labute approximate surface area is 124 Å². The minimum atomic E-state index is -1.07. The van der Waals surface area contributed by atoms with Gasteiger partial charge in [-0.15, -0.1) is 0 Å². The van der Waals surface area contributed by atoms with Crippen molar-refractivity contribution in [3.8, 4) is 0 Å². The summed E-state index contributed by atoms with van der Waals surface area (Å²) in [5, 5.41) is 2.58. The largest absolute Gasteiger partial charge is 0.467 e. The van der Waals surface area contributed by atoms with Gasteiger partial charge in [-0.25, -0.2) is 14.8 Å². The molecule has 2 heterocycles. The summed E-state index contributed by atoms with van der Waals surface area (Å²) in [5.41, 5.74) is -1.07. The lowest BCUT2D eigenvalue weighted by Gasteiger charge is -2.33. The minimum Gasteiger partial charge on any atom is -0.467 e. The Morgan fingerprint density at radius 2 is 2.21 bits per heavy atom. The van der Waals surface area contributed by atoms with Gasteiger partial charge in [0.1, 0.15) is 5.41 Å². The van der Waals surface area contributed by atoms with Crippen LogP contribution in [0.1, 0.15) is 13.3 Å². The predicted molar refractivity (Wildman–Crippen MR) is 75.1 cm³/mol. The lowest BCUT2D eigenvalue weighted by atomic mass is 9.87. The number of fused-ring (bicyclic) bond motifs is 1. The van der Waals surface area contributed by atoms with Gasteiger partial charge in [0.05, 0.1) is 13.7 Å². The van der Waals surface area contributed by atoms with E-state index in [1.165, 1.54) is 17.1 Å². The van der Waals surface area contributed by atoms with E-state index in [2.05, 4.69) is 27.3 Å². The van der Waals surface area contributed by atoms with Crippen LogP contribution in [-0.4, -0.2) is 51.9 Å². The number of esters is 1. The molecule has 104 valence electrons. The van der Waals surface area contributed by atoms with Crippen LogP contribution >= 0.6 is 22.6 Å². The molecule has 2 aliphatic rings. The molecule has 2 amide bonds. The first-order chi connectivity index (χ1) is 8.97. The van der Waals surface area contributed by atoms with E-state index in [1.54, 1.807) is 19.1 Å². The van der Waals surface area contributed by atoms with E-state index in [0.717, 1.165) is 0 Å². The Balaban J connectivity index is 2.38. The topological polar surface area (TPSA) is 66.9 Å². The number of hydrazine groups is 1. The average Bonchev–Trinajstić information content (AvgIpc) is 2.61. The number of hydrogen-bond donors (Lipinski definition) is 0. The van der Waals surface area contributed by atoms with Crippen LogP contribution in [0.3, 0.4) is 0 Å². The molecule has 0 aromatic heterocycles. The van der Waals surface area contributed by atoms with E-state index < -0.39 is 17.4 Å². The van der Waals surface area contributed by atoms with Crippen molar-refractivity contribution in [1.82, 2.24) is 10.0 Å². The standard InChI is InChI=1S/C12H15IN2O4/c1-12(5-6-13)10(17)14-7-3-4-8(9(16)19-2)15(14)11(12)18/h3-4,8H,5-7H2,1-2H3. The number of nitrogens with zero attached hydrogens (tertiary/aromatic N) is 2. The highest BCUT2D eigenvalue weighted by atomic mass is 127. The molecule has 2 aliphatic heterocycles. The molecule has 0 saturated carbocycles. The van der Waals surface area contributed by atoms with Crippen LogP contribution < -0.4 is 0 Å². The van der Waals surface area contributed by atoms with Gasteiger partial charge in [0, 0.05) is 4.43 Å². The highest BCUT2D eigenvalue weighted by Gasteiger charge is 2.57. The van der Waals surface area contributed by atoms with Gasteiger partial charge in [0.25, 0.3) is 11.8 Å². The van der Waals surface area contributed by atoms with E-state index in [1.807, 2.05) is 0 Å². The predicted octanol–water partition coefficient (Wildman–Crippen LogP) is 0.515. The Morgan fingerprint density at radius 1 is 1.53 bits per heavy atom. The molecule has 1 saturated heterocycles. The molecule has 19 heavy (non-hydrogen) atoms. The van der Waals surface area contributed by atoms with Crippen molar-refractivity contribution in [2.45, 2.75) is 19.4 Å². The second kappa shape index (κ2) is 5.10. The SMILES string of the molecule is COC(=O)C1C=CCN2C(=O)C(C)(CCI)C(=O)N12. The maximum atomic E-state index is 12.5. The van der Waals surface area contributed by atoms with E-state index >= 15 is 0 Å². The third-order valence-corrected chi connectivity index (χ3v) is 4.08. The van der Waals surface area contributed by atoms with Gasteiger partial charge in [-0.2, -0.15) is 0 Å². The Kier molecular flexibility index (Phi) is 3.84. The summed E-state index contributed by atoms with van der Waals surface area (Å²) in [6.07, 6.45) is 3.77. The Morgan fingerprint density at radius 3 is 2.79 bits per heavy atom. The molecule has 0 radical (unpaired) electrons. The first-order valence-corrected chi connectivity index (χ1v) is 7.46. The van der Waals surface area contributed by atoms with Crippen LogP contribution in [0.25, 0.3) is 0 Å². The van der Waals surface area contributed by atoms with Crippen molar-refractivity contribution in [1.29, 1.82) is 0 Å². The van der Waals surface area contributed by atoms with Crippen LogP contribution in [0.5, 0.6) is 0 Å². The fraction of sp³-hybridized carbons (Fsp3) is 0.583. The molecule has 2 atom stereocenters. The average molecular weight is 378 g/mol. The summed E-state index contributed by atoms with van der Waals surface area (Å²) in [6.45, 7) is 1.96. The van der Waals surface area contributed by atoms with Gasteiger partial charge < -0.3 is 4.74 Å². The Bertz CT molecular complexity index is 465. The molecule has 0 aromatic carbocycles. The molecule has 0 aromatic rings. The number of ether oxygens (including phenoxy) is 1. The van der Waals surface area contributed by atoms with Gasteiger partial charge >= 0.3 is 5.97 Å². The van der Waals surface area contributed by atoms with Gasteiger partial charge in [-0.1, -0.05) is 34.7 Å². The first-order valence-electron chi connectivity index (χ1n) is 5.93. The van der Waals surface area contributed by atoms with Crippen LogP contribution in [0.15, 0.2) is 12.2 Å². The summed E-state index contributed by atoms with van der Waals surface area (Å²) >= 11 is 2.14. The van der Waals surface area contributed by atoms with Gasteiger partial charge in [-0.05, 0) is 13.3 Å². The Hall–Kier alpha value is -1.12. The molecular weight excluding hydrogens is 363 g/mol. The molecule has 7 heteroatoms. The summed E-state index contributed by atoms with van der Waals surface area (Å²) in [7, 11) is 1.27. The third-order valence-electron chi connectivity index (χ3n) is 3.54. The maximum absolute atomic E-state index is 12.5. The summed E-state index contributed by atoms with van der Waals surface area (Å²) < 4.78 is 5.38. The molecule has 6 nitrogen and oxygen atoms in total. The number of amides is 2. The number of hydrogen-bond acceptors (Lipinski definition) is 4. The van der Waals surface area contributed by atoms with Crippen molar-refractivity contribution >= 4 is 40.4 Å². The van der Waals surface area contributed by atoms with Crippen LogP contribution in [0, 0.1) is 5.41 Å². The van der Waals surface area contributed by atoms with Crippen LogP contribution in [0.2, 0.25) is 0 Å². The number of carbonyl (C=O) groups is 3. The smallest absolute Gasteiger partial charge is 0.334 e. The molecule has 0 N–H and O–H groups in total. The molecule has 2 rings (SSSR count). The molecule has 1 fully saturated rings. The van der Waals surface area contributed by atoms with Gasteiger partial charge in [-0.3, -0.25) is 9.59 Å². The molecule has 2 unspecified atom stereocenters. The van der Waals surface area contributed by atoms with Crippen molar-refractivity contribution in [3.63, 3.8) is 0 Å². The van der Waals surface area contributed by atoms with Crippen molar-refractivity contribution in [2.24, 2.45) is 5.41 Å². The summed E-state index contributed by atoms with van der Waals surface area (Å²) in [6, 6.07) is -0.841. The van der Waals surface area contributed by atoms with Crippen molar-refractivity contribution in [3.05, 3.63) is 12.2 Å². The van der Waals surface area contributed by atoms with E-state index in [-0.39, 0.29) is 11.8 Å². The number of rotatable bonds is 3. The molecule has 0 spiro atoms. The quantitative estimate of drug-likeness (QED) is 0.236. The highest BCUT2D eigenvalue weighted by molar-refractivity contribution is 14.1. The number of halogens is 1. The van der Waals surface area contributed by atoms with Gasteiger partial charge in [0.2, 0.25) is 0 Å². The fourth-order valence-electron chi connectivity index (χ4n) is 2.36. The fourth-order valence-corrected chi connectivity index (χ4v) is 3.44. The first kappa shape index (κ1) is 14.3. The lowest BCUT2D eigenvalue weighted by molar-refractivity contribution is -0.163. The monoisotopic (exact) mass is 378 g/mol. The van der Waals surface area contributed by atoms with Gasteiger partial charge in [0.15, 0.2) is 6.04 Å². The maximum Gasteiger partial charge on any atom is 0.334 e. The highest BCUT2D eigenvalue weighted by Crippen LogP contribution is 2.38. The van der Waals surface area contributed by atoms with E-state index in [9.17, 15) is 14.4 Å². The normalized spacial score (nSPS) is 29.7. The lowest BCUT2D eigenvalue weighted by Crippen LogP contribution is -2.52. The van der Waals surface area contributed by atoms with Crippen molar-refractivity contribution < 1.29 is 19.1 Å². The van der Waals surface area contributed by atoms with E-state index in [0.29, 0.717) is 17.4 Å². The van der Waals surface area contributed by atoms with Crippen LogP contribution in [0.4, 0.5) is 0 Å². The number of alkyl halides is 1. The molecule has 0 aliphatic carbocycles. The number of methoxy groups -OCH3 is 1. The molecule has 0 bridgehead atoms. The van der Waals surface area contributed by atoms with Crippen LogP contribution in [-0.2, 0) is 19.1 Å².